The van der Waals surface area contributed by atoms with Gasteiger partial charge < -0.3 is 19.9 Å². The maximum Gasteiger partial charge on any atom is 0.311 e. The molecule has 6 aromatic rings. The van der Waals surface area contributed by atoms with Crippen LogP contribution in [0.25, 0.3) is 16.5 Å². The lowest BCUT2D eigenvalue weighted by Gasteiger charge is -2.15. The third kappa shape index (κ3) is 9.93. The molecular formula is C45H22N6O6S. The second kappa shape index (κ2) is 19.3. The summed E-state index contributed by atoms with van der Waals surface area (Å²) < 4.78 is 13.2. The number of nitrogens with zero attached hydrogens (tertiary/aromatic N) is 5. The molecule has 0 fully saturated rings. The zero-order valence-electron chi connectivity index (χ0n) is 29.7. The third-order valence-electron chi connectivity index (χ3n) is 7.52. The van der Waals surface area contributed by atoms with E-state index in [1.165, 1.54) is 30.0 Å². The highest BCUT2D eigenvalue weighted by Crippen LogP contribution is 2.41. The summed E-state index contributed by atoms with van der Waals surface area (Å²) >= 11 is 1.30. The maximum atomic E-state index is 13.7. The number of ether oxygens (including phenoxy) is 2. The van der Waals surface area contributed by atoms with Gasteiger partial charge in [-0.2, -0.15) is 4.68 Å². The number of aromatic hydroxyl groups is 1. The van der Waals surface area contributed by atoms with Gasteiger partial charge in [-0.3, -0.25) is 14.9 Å². The molecule has 0 saturated carbocycles. The molecule has 1 heterocycles. The average molecular weight is 775 g/mol. The minimum absolute atomic E-state index is 0.0777. The van der Waals surface area contributed by atoms with Gasteiger partial charge in [-0.1, -0.05) is 72.4 Å². The standard InChI is InChI=1S/C45H22N6O6S/c1-2-3-4-5-6-7-8-9-10-11-12-20-29-56-40-26-19-18-25-38(40)46-44(53)37-31-42(35-23-16-17-24-36(35)43(37)52)57-41-28-27-33(30-39(41)51(54)55)32-58-45-47-48-49-50(45)34-21-14-13-15-22-34/h1,13-19,21-28,30-31,52H,32H2,(H,46,53). The third-order valence-corrected chi connectivity index (χ3v) is 8.51. The highest BCUT2D eigenvalue weighted by Gasteiger charge is 2.23. The molecule has 0 radical (unpaired) electrons. The molecule has 0 spiro atoms. The molecule has 0 bridgehead atoms. The van der Waals surface area contributed by atoms with E-state index in [-0.39, 0.29) is 45.3 Å². The zero-order valence-corrected chi connectivity index (χ0v) is 30.5. The number of hydrogen-bond donors (Lipinski definition) is 2. The summed E-state index contributed by atoms with van der Waals surface area (Å²) in [6.07, 6.45) is 7.42. The maximum absolute atomic E-state index is 13.7. The van der Waals surface area contributed by atoms with Crippen molar-refractivity contribution in [2.24, 2.45) is 0 Å². The number of hydrogen-bond acceptors (Lipinski definition) is 10. The topological polar surface area (TPSA) is 155 Å². The van der Waals surface area contributed by atoms with E-state index in [1.54, 1.807) is 59.3 Å². The van der Waals surface area contributed by atoms with Crippen molar-refractivity contribution in [3.8, 4) is 112 Å². The van der Waals surface area contributed by atoms with E-state index < -0.39 is 10.8 Å². The number of nitrogens with one attached hydrogen (secondary N) is 1. The summed E-state index contributed by atoms with van der Waals surface area (Å²) in [5.41, 5.74) is 1.14. The van der Waals surface area contributed by atoms with Gasteiger partial charge in [-0.25, -0.2) is 0 Å². The molecule has 6 rings (SSSR count). The van der Waals surface area contributed by atoms with Gasteiger partial charge in [-0.15, -0.1) is 11.5 Å². The highest BCUT2D eigenvalue weighted by molar-refractivity contribution is 7.98. The van der Waals surface area contributed by atoms with Crippen LogP contribution in [-0.4, -0.2) is 36.1 Å². The fourth-order valence-electron chi connectivity index (χ4n) is 5.00. The molecule has 12 nitrogen and oxygen atoms in total. The van der Waals surface area contributed by atoms with Gasteiger partial charge in [0.2, 0.25) is 10.9 Å². The molecule has 274 valence electrons. The summed E-state index contributed by atoms with van der Waals surface area (Å²) in [5.74, 6) is 28.7. The normalized spacial score (nSPS) is 9.29. The predicted octanol–water partition coefficient (Wildman–Crippen LogP) is 6.76. The van der Waals surface area contributed by atoms with Crippen molar-refractivity contribution >= 4 is 39.8 Å². The Hall–Kier alpha value is -9.03. The largest absolute Gasteiger partial charge is 0.506 e. The molecule has 1 amide bonds. The number of carbonyl (C=O) groups excluding carboxylic acids is 1. The van der Waals surface area contributed by atoms with E-state index in [4.69, 9.17) is 15.9 Å². The number of phenols is 1. The lowest BCUT2D eigenvalue weighted by molar-refractivity contribution is -0.385. The Morgan fingerprint density at radius 1 is 0.793 bits per heavy atom. The van der Waals surface area contributed by atoms with Gasteiger partial charge in [-0.05, 0) is 87.9 Å². The molecule has 0 aliphatic rings. The molecule has 0 atom stereocenters. The van der Waals surface area contributed by atoms with Crippen LogP contribution in [-0.2, 0) is 5.75 Å². The number of para-hydroxylation sites is 3. The van der Waals surface area contributed by atoms with Gasteiger partial charge >= 0.3 is 5.69 Å². The molecular weight excluding hydrogens is 753 g/mol. The number of thioether (sulfide) groups is 1. The highest BCUT2D eigenvalue weighted by atomic mass is 32.2. The zero-order chi connectivity index (χ0) is 40.5. The number of aromatic nitrogens is 4. The van der Waals surface area contributed by atoms with E-state index in [9.17, 15) is 20.0 Å². The number of terminal acetylenes is 1. The molecule has 5 aromatic carbocycles. The number of tetrazole rings is 1. The molecule has 58 heavy (non-hydrogen) atoms. The van der Waals surface area contributed by atoms with Crippen molar-refractivity contribution in [3.63, 3.8) is 0 Å². The Labute approximate surface area is 336 Å². The fourth-order valence-corrected chi connectivity index (χ4v) is 5.84. The summed E-state index contributed by atoms with van der Waals surface area (Å²) in [6.45, 7) is 0. The quantitative estimate of drug-likeness (QED) is 0.0661. The minimum atomic E-state index is -0.721. The number of nitro benzene ring substituents is 1. The molecule has 0 aliphatic carbocycles. The van der Waals surface area contributed by atoms with E-state index in [0.29, 0.717) is 21.9 Å². The number of phenolic OH excluding ortho intramolecular Hbond substituents is 1. The predicted molar refractivity (Wildman–Crippen MR) is 218 cm³/mol. The van der Waals surface area contributed by atoms with Crippen LogP contribution in [0.4, 0.5) is 11.4 Å². The summed E-state index contributed by atoms with van der Waals surface area (Å²) in [6, 6.07) is 28.4. The van der Waals surface area contributed by atoms with E-state index in [2.05, 4.69) is 98.0 Å². The minimum Gasteiger partial charge on any atom is -0.506 e. The fraction of sp³-hybridized carbons (Fsp3) is 0.0222. The van der Waals surface area contributed by atoms with Crippen molar-refractivity contribution in [1.82, 2.24) is 20.2 Å². The second-order valence-electron chi connectivity index (χ2n) is 11.1. The first-order chi connectivity index (χ1) is 28.4. The first-order valence-corrected chi connectivity index (χ1v) is 17.6. The van der Waals surface area contributed by atoms with E-state index in [1.807, 2.05) is 30.3 Å². The van der Waals surface area contributed by atoms with Gasteiger partial charge in [0, 0.05) is 58.1 Å². The lowest BCUT2D eigenvalue weighted by atomic mass is 10.0. The van der Waals surface area contributed by atoms with Crippen molar-refractivity contribution in [2.45, 2.75) is 10.9 Å². The molecule has 2 N–H and O–H groups in total. The number of rotatable bonds is 10. The van der Waals surface area contributed by atoms with Gasteiger partial charge in [0.1, 0.15) is 17.6 Å². The van der Waals surface area contributed by atoms with Gasteiger partial charge in [0.25, 0.3) is 5.91 Å². The number of anilines is 1. The molecule has 1 aromatic heterocycles. The monoisotopic (exact) mass is 774 g/mol. The lowest BCUT2D eigenvalue weighted by Crippen LogP contribution is -2.13. The molecule has 13 heteroatoms. The Balaban J connectivity index is 1.19. The molecule has 0 aliphatic heterocycles. The summed E-state index contributed by atoms with van der Waals surface area (Å²) in [7, 11) is 0. The Bertz CT molecular complexity index is 3010. The van der Waals surface area contributed by atoms with Crippen LogP contribution in [0.15, 0.2) is 108 Å². The van der Waals surface area contributed by atoms with Crippen molar-refractivity contribution in [2.75, 3.05) is 5.32 Å². The van der Waals surface area contributed by atoms with Crippen LogP contribution in [0.2, 0.25) is 0 Å². The van der Waals surface area contributed by atoms with Crippen molar-refractivity contribution in [1.29, 1.82) is 0 Å². The van der Waals surface area contributed by atoms with Crippen LogP contribution < -0.4 is 14.8 Å². The van der Waals surface area contributed by atoms with Crippen molar-refractivity contribution < 1.29 is 24.3 Å². The number of benzene rings is 5. The Kier molecular flexibility index (Phi) is 12.9. The second-order valence-corrected chi connectivity index (χ2v) is 12.1. The number of carbonyl (C=O) groups is 1. The summed E-state index contributed by atoms with van der Waals surface area (Å²) in [4.78, 5) is 25.5. The van der Waals surface area contributed by atoms with E-state index in [0.717, 1.165) is 5.69 Å². The molecule has 0 unspecified atom stereocenters. The Morgan fingerprint density at radius 2 is 1.45 bits per heavy atom. The Morgan fingerprint density at radius 3 is 2.17 bits per heavy atom. The molecule has 0 saturated heterocycles. The number of fused-ring (bicyclic) bond motifs is 1. The number of amides is 1. The SMILES string of the molecule is C#CC#CC#CC#CC#CC#CC#COc1ccccc1NC(=O)c1cc(Oc2ccc(CSc3nnnn3-c3ccccc3)cc2[N+](=O)[O-])c2ccccc2c1O. The smallest absolute Gasteiger partial charge is 0.311 e. The van der Waals surface area contributed by atoms with Crippen LogP contribution in [0.3, 0.4) is 0 Å². The van der Waals surface area contributed by atoms with Gasteiger partial charge in [0.05, 0.1) is 21.9 Å². The number of nitro groups is 1. The van der Waals surface area contributed by atoms with E-state index >= 15 is 0 Å². The van der Waals surface area contributed by atoms with Crippen LogP contribution >= 0.6 is 11.8 Å². The summed E-state index contributed by atoms with van der Waals surface area (Å²) in [5, 5.41) is 39.4. The van der Waals surface area contributed by atoms with Crippen LogP contribution in [0, 0.1) is 93.7 Å². The van der Waals surface area contributed by atoms with Crippen molar-refractivity contribution in [3.05, 3.63) is 124 Å². The first kappa shape index (κ1) is 38.7. The van der Waals surface area contributed by atoms with Crippen LogP contribution in [0.1, 0.15) is 15.9 Å². The first-order valence-electron chi connectivity index (χ1n) is 16.6. The average Bonchev–Trinajstić information content (AvgIpc) is 3.72. The van der Waals surface area contributed by atoms with Crippen LogP contribution in [0.5, 0.6) is 23.0 Å². The van der Waals surface area contributed by atoms with Gasteiger partial charge in [0.15, 0.2) is 5.75 Å².